The summed E-state index contributed by atoms with van der Waals surface area (Å²) in [5, 5.41) is 24.4. The third-order valence-electron chi connectivity index (χ3n) is 2.93. The fraction of sp³-hybridized carbons (Fsp3) is 0.0769. The second kappa shape index (κ2) is 6.10. The van der Waals surface area contributed by atoms with Gasteiger partial charge in [-0.3, -0.25) is 20.2 Å². The van der Waals surface area contributed by atoms with E-state index in [9.17, 15) is 37.8 Å². The average molecular weight is 345 g/mol. The van der Waals surface area contributed by atoms with Crippen molar-refractivity contribution in [3.63, 3.8) is 0 Å². The van der Waals surface area contributed by atoms with Crippen molar-refractivity contribution in [3.05, 3.63) is 68.0 Å². The topological polar surface area (TPSA) is 98.3 Å². The second-order valence-electron chi connectivity index (χ2n) is 4.53. The molecule has 7 nitrogen and oxygen atoms in total. The molecule has 0 atom stereocenters. The quantitative estimate of drug-likeness (QED) is 0.503. The third-order valence-corrected chi connectivity index (χ3v) is 2.93. The molecule has 0 aliphatic rings. The molecule has 2 rings (SSSR count). The SMILES string of the molecule is O=[N+]([O-])c1cc(C(F)(F)F)cc([N+](=O)[O-])c1Nc1ccc(F)cc1. The standard InChI is InChI=1S/C13H7F4N3O4/c14-8-1-3-9(4-2-8)18-12-10(19(21)22)5-7(13(15,16)17)6-11(12)20(23)24/h1-6,18H. The van der Waals surface area contributed by atoms with E-state index in [1.807, 2.05) is 0 Å². The van der Waals surface area contributed by atoms with E-state index in [2.05, 4.69) is 5.32 Å². The van der Waals surface area contributed by atoms with E-state index in [1.54, 1.807) is 0 Å². The molecule has 0 aliphatic carbocycles. The third kappa shape index (κ3) is 3.56. The molecule has 0 saturated carbocycles. The normalized spacial score (nSPS) is 11.2. The van der Waals surface area contributed by atoms with Crippen molar-refractivity contribution in [2.45, 2.75) is 6.18 Å². The second-order valence-corrected chi connectivity index (χ2v) is 4.53. The molecular formula is C13H7F4N3O4. The Morgan fingerprint density at radius 1 is 0.917 bits per heavy atom. The lowest BCUT2D eigenvalue weighted by molar-refractivity contribution is -0.392. The van der Waals surface area contributed by atoms with Crippen molar-refractivity contribution < 1.29 is 27.4 Å². The lowest BCUT2D eigenvalue weighted by Gasteiger charge is -2.11. The molecule has 0 amide bonds. The van der Waals surface area contributed by atoms with Gasteiger partial charge < -0.3 is 5.32 Å². The summed E-state index contributed by atoms with van der Waals surface area (Å²) in [4.78, 5) is 19.7. The lowest BCUT2D eigenvalue weighted by atomic mass is 10.1. The Hall–Kier alpha value is -3.24. The van der Waals surface area contributed by atoms with Gasteiger partial charge in [0, 0.05) is 17.8 Å². The lowest BCUT2D eigenvalue weighted by Crippen LogP contribution is -2.09. The Balaban J connectivity index is 2.65. The molecule has 0 unspecified atom stereocenters. The van der Waals surface area contributed by atoms with Crippen LogP contribution in [0, 0.1) is 26.0 Å². The van der Waals surface area contributed by atoms with Crippen molar-refractivity contribution in [1.29, 1.82) is 0 Å². The predicted molar refractivity (Wildman–Crippen MR) is 74.4 cm³/mol. The fourth-order valence-electron chi connectivity index (χ4n) is 1.87. The zero-order chi connectivity index (χ0) is 18.1. The highest BCUT2D eigenvalue weighted by molar-refractivity contribution is 5.79. The van der Waals surface area contributed by atoms with Gasteiger partial charge in [0.05, 0.1) is 15.4 Å². The van der Waals surface area contributed by atoms with E-state index >= 15 is 0 Å². The van der Waals surface area contributed by atoms with E-state index in [0.29, 0.717) is 0 Å². The number of alkyl halides is 3. The summed E-state index contributed by atoms with van der Waals surface area (Å²) in [7, 11) is 0. The molecule has 0 spiro atoms. The number of halogens is 4. The van der Waals surface area contributed by atoms with Gasteiger partial charge in [0.2, 0.25) is 0 Å². The van der Waals surface area contributed by atoms with E-state index in [1.165, 1.54) is 0 Å². The smallest absolute Gasteiger partial charge is 0.344 e. The molecule has 0 saturated heterocycles. The molecular weight excluding hydrogens is 338 g/mol. The molecule has 0 radical (unpaired) electrons. The van der Waals surface area contributed by atoms with E-state index < -0.39 is 44.5 Å². The van der Waals surface area contributed by atoms with Crippen LogP contribution < -0.4 is 5.32 Å². The van der Waals surface area contributed by atoms with Crippen LogP contribution in [0.1, 0.15) is 5.56 Å². The summed E-state index contributed by atoms with van der Waals surface area (Å²) >= 11 is 0. The van der Waals surface area contributed by atoms with Crippen molar-refractivity contribution >= 4 is 22.7 Å². The summed E-state index contributed by atoms with van der Waals surface area (Å²) in [6.45, 7) is 0. The monoisotopic (exact) mass is 345 g/mol. The van der Waals surface area contributed by atoms with Crippen LogP contribution in [0.3, 0.4) is 0 Å². The molecule has 0 fully saturated rings. The van der Waals surface area contributed by atoms with Gasteiger partial charge in [-0.05, 0) is 24.3 Å². The maximum Gasteiger partial charge on any atom is 0.416 e. The van der Waals surface area contributed by atoms with Gasteiger partial charge in [0.15, 0.2) is 5.69 Å². The number of hydrogen-bond donors (Lipinski definition) is 1. The van der Waals surface area contributed by atoms with Crippen LogP contribution in [0.4, 0.5) is 40.3 Å². The largest absolute Gasteiger partial charge is 0.416 e. The molecule has 0 aliphatic heterocycles. The minimum absolute atomic E-state index is 0.0300. The first kappa shape index (κ1) is 17.1. The van der Waals surface area contributed by atoms with Crippen LogP contribution in [-0.2, 0) is 6.18 Å². The molecule has 2 aromatic rings. The number of nitro benzene ring substituents is 2. The summed E-state index contributed by atoms with van der Waals surface area (Å²) in [5.41, 5.74) is -4.47. The van der Waals surface area contributed by atoms with Gasteiger partial charge in [0.1, 0.15) is 5.82 Å². The number of hydrogen-bond acceptors (Lipinski definition) is 5. The Labute approximate surface area is 130 Å². The molecule has 11 heteroatoms. The van der Waals surface area contributed by atoms with Crippen molar-refractivity contribution in [2.75, 3.05) is 5.32 Å². The Morgan fingerprint density at radius 3 is 1.75 bits per heavy atom. The summed E-state index contributed by atoms with van der Waals surface area (Å²) in [5.74, 6) is -0.628. The first-order valence-corrected chi connectivity index (χ1v) is 6.16. The van der Waals surface area contributed by atoms with Crippen LogP contribution in [0.5, 0.6) is 0 Å². The minimum atomic E-state index is -5.00. The van der Waals surface area contributed by atoms with Crippen LogP contribution in [0.2, 0.25) is 0 Å². The number of anilines is 2. The van der Waals surface area contributed by atoms with Crippen molar-refractivity contribution in [1.82, 2.24) is 0 Å². The fourth-order valence-corrected chi connectivity index (χ4v) is 1.87. The van der Waals surface area contributed by atoms with Crippen LogP contribution in [0.15, 0.2) is 36.4 Å². The van der Waals surface area contributed by atoms with Crippen LogP contribution >= 0.6 is 0 Å². The maximum atomic E-state index is 12.9. The Bertz CT molecular complexity index is 771. The Kier molecular flexibility index (Phi) is 4.35. The highest BCUT2D eigenvalue weighted by Crippen LogP contribution is 2.42. The zero-order valence-electron chi connectivity index (χ0n) is 11.5. The molecule has 1 N–H and O–H groups in total. The molecule has 126 valence electrons. The van der Waals surface area contributed by atoms with Crippen molar-refractivity contribution in [2.24, 2.45) is 0 Å². The molecule has 0 aromatic heterocycles. The van der Waals surface area contributed by atoms with Gasteiger partial charge in [-0.1, -0.05) is 0 Å². The Morgan fingerprint density at radius 2 is 1.38 bits per heavy atom. The van der Waals surface area contributed by atoms with Crippen LogP contribution in [0.25, 0.3) is 0 Å². The van der Waals surface area contributed by atoms with E-state index in [4.69, 9.17) is 0 Å². The molecule has 2 aromatic carbocycles. The predicted octanol–water partition coefficient (Wildman–Crippen LogP) is 4.40. The molecule has 0 heterocycles. The van der Waals surface area contributed by atoms with E-state index in [0.717, 1.165) is 24.3 Å². The highest BCUT2D eigenvalue weighted by Gasteiger charge is 2.37. The van der Waals surface area contributed by atoms with Gasteiger partial charge >= 0.3 is 6.18 Å². The highest BCUT2D eigenvalue weighted by atomic mass is 19.4. The first-order valence-electron chi connectivity index (χ1n) is 6.16. The minimum Gasteiger partial charge on any atom is -0.344 e. The van der Waals surface area contributed by atoms with Gasteiger partial charge in [0.25, 0.3) is 11.4 Å². The number of benzene rings is 2. The number of nitro groups is 2. The number of nitrogens with one attached hydrogen (secondary N) is 1. The van der Waals surface area contributed by atoms with Gasteiger partial charge in [-0.15, -0.1) is 0 Å². The first-order chi connectivity index (χ1) is 11.1. The summed E-state index contributed by atoms with van der Waals surface area (Å²) in [6, 6.07) is 4.59. The average Bonchev–Trinajstić information content (AvgIpc) is 2.48. The molecule has 24 heavy (non-hydrogen) atoms. The number of nitrogens with zero attached hydrogens (tertiary/aromatic N) is 2. The summed E-state index contributed by atoms with van der Waals surface area (Å²) < 4.78 is 51.2. The summed E-state index contributed by atoms with van der Waals surface area (Å²) in [6.07, 6.45) is -5.00. The maximum absolute atomic E-state index is 12.9. The number of rotatable bonds is 4. The van der Waals surface area contributed by atoms with Crippen molar-refractivity contribution in [3.8, 4) is 0 Å². The van der Waals surface area contributed by atoms with Crippen LogP contribution in [-0.4, -0.2) is 9.85 Å². The zero-order valence-corrected chi connectivity index (χ0v) is 11.5. The van der Waals surface area contributed by atoms with Gasteiger partial charge in [-0.2, -0.15) is 13.2 Å². The molecule has 0 bridgehead atoms. The van der Waals surface area contributed by atoms with Gasteiger partial charge in [-0.25, -0.2) is 4.39 Å². The van der Waals surface area contributed by atoms with E-state index in [-0.39, 0.29) is 17.8 Å².